The Labute approximate surface area is 190 Å². The Morgan fingerprint density at radius 1 is 1.25 bits per heavy atom. The number of benzene rings is 1. The minimum atomic E-state index is -0.752. The number of thiocarbonyl (C=S) groups is 1. The zero-order valence-corrected chi connectivity index (χ0v) is 18.6. The van der Waals surface area contributed by atoms with E-state index in [0.29, 0.717) is 43.2 Å². The van der Waals surface area contributed by atoms with Crippen LogP contribution in [0.15, 0.2) is 36.5 Å². The number of amides is 2. The second kappa shape index (κ2) is 8.65. The number of aromatic nitrogens is 1. The van der Waals surface area contributed by atoms with Crippen LogP contribution >= 0.6 is 12.2 Å². The van der Waals surface area contributed by atoms with Gasteiger partial charge in [0.2, 0.25) is 0 Å². The number of likely N-dealkylation sites (N-methyl/N-ethyl adjacent to an activating group) is 1. The summed E-state index contributed by atoms with van der Waals surface area (Å²) in [4.78, 5) is 31.1. The lowest BCUT2D eigenvalue weighted by Crippen LogP contribution is -2.49. The monoisotopic (exact) mass is 461 g/mol. The summed E-state index contributed by atoms with van der Waals surface area (Å²) in [5, 5.41) is 9.03. The van der Waals surface area contributed by atoms with Crippen LogP contribution in [0.1, 0.15) is 10.5 Å². The molecule has 2 fully saturated rings. The van der Waals surface area contributed by atoms with Crippen molar-refractivity contribution in [2.24, 2.45) is 7.05 Å². The van der Waals surface area contributed by atoms with Crippen LogP contribution in [-0.2, 0) is 11.8 Å². The SMILES string of the molecule is CN(C(O)=S)C1CN(c2ccc(N3CCN(C(=O)c4cccn4C)CC3)c(F)c2)C(=O)O1. The average Bonchev–Trinajstić information content (AvgIpc) is 3.38. The lowest BCUT2D eigenvalue weighted by Gasteiger charge is -2.36. The number of ether oxygens (including phenoxy) is 1. The predicted molar refractivity (Wildman–Crippen MR) is 121 cm³/mol. The molecule has 170 valence electrons. The van der Waals surface area contributed by atoms with E-state index in [1.807, 2.05) is 24.2 Å². The molecule has 32 heavy (non-hydrogen) atoms. The summed E-state index contributed by atoms with van der Waals surface area (Å²) in [5.41, 5.74) is 1.39. The summed E-state index contributed by atoms with van der Waals surface area (Å²) in [6.45, 7) is 2.07. The first-order chi connectivity index (χ1) is 15.3. The van der Waals surface area contributed by atoms with Crippen molar-refractivity contribution in [1.82, 2.24) is 14.4 Å². The largest absolute Gasteiger partial charge is 0.486 e. The first-order valence-electron chi connectivity index (χ1n) is 10.2. The standard InChI is InChI=1S/C21H24FN5O4S/c1-23-7-3-4-17(23)19(28)26-10-8-25(9-11-26)16-6-5-14(12-15(16)22)27-13-18(31-20(27)29)24(2)21(30)32/h3-7,12,18H,8-11,13H2,1-2H3,(H,30,32). The molecule has 1 aromatic carbocycles. The first kappa shape index (κ1) is 21.9. The van der Waals surface area contributed by atoms with E-state index in [0.717, 1.165) is 0 Å². The Bertz CT molecular complexity index is 1050. The van der Waals surface area contributed by atoms with E-state index in [1.165, 1.54) is 22.9 Å². The van der Waals surface area contributed by atoms with Crippen LogP contribution in [0.4, 0.5) is 20.6 Å². The molecule has 0 radical (unpaired) electrons. The van der Waals surface area contributed by atoms with Gasteiger partial charge in [0.25, 0.3) is 11.1 Å². The summed E-state index contributed by atoms with van der Waals surface area (Å²) >= 11 is 4.69. The van der Waals surface area contributed by atoms with Crippen LogP contribution in [0, 0.1) is 5.82 Å². The molecule has 2 aliphatic rings. The highest BCUT2D eigenvalue weighted by Crippen LogP contribution is 2.29. The van der Waals surface area contributed by atoms with Crippen molar-refractivity contribution in [2.45, 2.75) is 6.23 Å². The third-order valence-electron chi connectivity index (χ3n) is 5.84. The molecule has 0 aliphatic carbocycles. The van der Waals surface area contributed by atoms with Crippen LogP contribution in [0.5, 0.6) is 0 Å². The molecule has 11 heteroatoms. The molecule has 9 nitrogen and oxygen atoms in total. The van der Waals surface area contributed by atoms with Gasteiger partial charge in [-0.3, -0.25) is 14.6 Å². The molecule has 0 saturated carbocycles. The molecule has 1 unspecified atom stereocenters. The zero-order chi connectivity index (χ0) is 23.0. The van der Waals surface area contributed by atoms with Crippen molar-refractivity contribution >= 4 is 40.8 Å². The first-order valence-corrected chi connectivity index (χ1v) is 10.6. The summed E-state index contributed by atoms with van der Waals surface area (Å²) < 4.78 is 21.9. The highest BCUT2D eigenvalue weighted by molar-refractivity contribution is 7.79. The number of carbonyl (C=O) groups excluding carboxylic acids is 2. The van der Waals surface area contributed by atoms with E-state index in [-0.39, 0.29) is 12.5 Å². The van der Waals surface area contributed by atoms with Gasteiger partial charge in [-0.2, -0.15) is 0 Å². The second-order valence-corrected chi connectivity index (χ2v) is 8.13. The normalized spacial score (nSPS) is 18.7. The van der Waals surface area contributed by atoms with Crippen molar-refractivity contribution in [2.75, 3.05) is 49.6 Å². The minimum absolute atomic E-state index is 0.0394. The fraction of sp³-hybridized carbons (Fsp3) is 0.381. The third-order valence-corrected chi connectivity index (χ3v) is 6.13. The second-order valence-electron chi connectivity index (χ2n) is 7.76. The maximum atomic E-state index is 15.0. The Hall–Kier alpha value is -3.34. The topological polar surface area (TPSA) is 81.5 Å². The fourth-order valence-corrected chi connectivity index (χ4v) is 4.02. The van der Waals surface area contributed by atoms with Crippen molar-refractivity contribution in [3.8, 4) is 0 Å². The van der Waals surface area contributed by atoms with Crippen LogP contribution in [0.25, 0.3) is 0 Å². The minimum Gasteiger partial charge on any atom is -0.486 e. The van der Waals surface area contributed by atoms with Crippen molar-refractivity contribution in [3.63, 3.8) is 0 Å². The summed E-state index contributed by atoms with van der Waals surface area (Å²) in [6, 6.07) is 8.18. The van der Waals surface area contributed by atoms with E-state index in [2.05, 4.69) is 0 Å². The lowest BCUT2D eigenvalue weighted by molar-refractivity contribution is 0.0707. The molecule has 0 bridgehead atoms. The van der Waals surface area contributed by atoms with Crippen LogP contribution in [0.2, 0.25) is 0 Å². The molecule has 1 aromatic heterocycles. The quantitative estimate of drug-likeness (QED) is 0.699. The van der Waals surface area contributed by atoms with Crippen molar-refractivity contribution in [3.05, 3.63) is 48.0 Å². The lowest BCUT2D eigenvalue weighted by atomic mass is 10.2. The average molecular weight is 462 g/mol. The maximum Gasteiger partial charge on any atom is 0.416 e. The van der Waals surface area contributed by atoms with Gasteiger partial charge in [0, 0.05) is 46.5 Å². The molecule has 2 saturated heterocycles. The molecule has 3 heterocycles. The van der Waals surface area contributed by atoms with Crippen LogP contribution in [-0.4, -0.2) is 82.6 Å². The van der Waals surface area contributed by atoms with Gasteiger partial charge in [-0.15, -0.1) is 0 Å². The number of nitrogens with zero attached hydrogens (tertiary/aromatic N) is 5. The number of rotatable bonds is 4. The molecular weight excluding hydrogens is 437 g/mol. The van der Waals surface area contributed by atoms with E-state index in [1.54, 1.807) is 27.7 Å². The molecule has 4 rings (SSSR count). The number of aliphatic hydroxyl groups is 1. The fourth-order valence-electron chi connectivity index (χ4n) is 3.90. The molecule has 0 spiro atoms. The Morgan fingerprint density at radius 3 is 2.56 bits per heavy atom. The van der Waals surface area contributed by atoms with Crippen LogP contribution in [0.3, 0.4) is 0 Å². The van der Waals surface area contributed by atoms with Gasteiger partial charge < -0.3 is 24.2 Å². The number of aliphatic hydroxyl groups excluding tert-OH is 1. The number of cyclic esters (lactones) is 1. The highest BCUT2D eigenvalue weighted by atomic mass is 32.1. The van der Waals surface area contributed by atoms with Crippen molar-refractivity contribution in [1.29, 1.82) is 0 Å². The molecule has 2 aliphatic heterocycles. The van der Waals surface area contributed by atoms with Gasteiger partial charge in [0.1, 0.15) is 11.5 Å². The van der Waals surface area contributed by atoms with E-state index in [4.69, 9.17) is 17.0 Å². The zero-order valence-electron chi connectivity index (χ0n) is 17.8. The number of hydrogen-bond donors (Lipinski definition) is 1. The van der Waals surface area contributed by atoms with E-state index in [9.17, 15) is 19.1 Å². The highest BCUT2D eigenvalue weighted by Gasteiger charge is 2.36. The molecule has 1 atom stereocenters. The number of carbonyl (C=O) groups is 2. The number of hydrogen-bond acceptors (Lipinski definition) is 5. The van der Waals surface area contributed by atoms with Crippen LogP contribution < -0.4 is 9.80 Å². The van der Waals surface area contributed by atoms with Gasteiger partial charge in [-0.05, 0) is 42.5 Å². The van der Waals surface area contributed by atoms with Gasteiger partial charge in [0.05, 0.1) is 17.9 Å². The van der Waals surface area contributed by atoms with E-state index < -0.39 is 23.3 Å². The number of aryl methyl sites for hydroxylation is 1. The smallest absolute Gasteiger partial charge is 0.416 e. The summed E-state index contributed by atoms with van der Waals surface area (Å²) in [6.07, 6.45) is 0.435. The predicted octanol–water partition coefficient (Wildman–Crippen LogP) is 2.18. The van der Waals surface area contributed by atoms with Gasteiger partial charge >= 0.3 is 6.09 Å². The molecule has 2 aromatic rings. The Balaban J connectivity index is 1.41. The van der Waals surface area contributed by atoms with Crippen molar-refractivity contribution < 1.29 is 23.8 Å². The summed E-state index contributed by atoms with van der Waals surface area (Å²) in [7, 11) is 3.34. The summed E-state index contributed by atoms with van der Waals surface area (Å²) in [5.74, 6) is -0.505. The Morgan fingerprint density at radius 2 is 1.97 bits per heavy atom. The van der Waals surface area contributed by atoms with E-state index >= 15 is 0 Å². The van der Waals surface area contributed by atoms with Gasteiger partial charge in [0.15, 0.2) is 6.23 Å². The number of halogens is 1. The third kappa shape index (κ3) is 4.07. The number of piperazine rings is 1. The Kier molecular flexibility index (Phi) is 5.92. The molecule has 1 N–H and O–H groups in total. The number of anilines is 2. The van der Waals surface area contributed by atoms with Gasteiger partial charge in [-0.1, -0.05) is 0 Å². The van der Waals surface area contributed by atoms with Gasteiger partial charge in [-0.25, -0.2) is 9.18 Å². The maximum absolute atomic E-state index is 15.0. The molecule has 2 amide bonds. The molecular formula is C21H24FN5O4S.